The Labute approximate surface area is 162 Å². The highest BCUT2D eigenvalue weighted by atomic mass is 79.9. The molecule has 0 aliphatic rings. The lowest BCUT2D eigenvalue weighted by molar-refractivity contribution is 0.0696. The molecule has 0 radical (unpaired) electrons. The van der Waals surface area contributed by atoms with Gasteiger partial charge in [0.25, 0.3) is 5.91 Å². The molecule has 0 saturated heterocycles. The van der Waals surface area contributed by atoms with Crippen molar-refractivity contribution in [2.24, 2.45) is 0 Å². The number of amides is 1. The first-order valence-electron chi connectivity index (χ1n) is 6.80. The third-order valence-electron chi connectivity index (χ3n) is 3.08. The summed E-state index contributed by atoms with van der Waals surface area (Å²) >= 11 is 14.4. The van der Waals surface area contributed by atoms with Crippen molar-refractivity contribution < 1.29 is 19.4 Å². The van der Waals surface area contributed by atoms with Gasteiger partial charge in [0.2, 0.25) is 0 Å². The number of ether oxygens (including phenoxy) is 1. The Kier molecular flexibility index (Phi) is 6.35. The number of anilines is 1. The maximum absolute atomic E-state index is 12.1. The zero-order chi connectivity index (χ0) is 18.6. The van der Waals surface area contributed by atoms with Crippen molar-refractivity contribution in [3.8, 4) is 5.75 Å². The predicted octanol–water partition coefficient (Wildman–Crippen LogP) is 3.94. The first-order chi connectivity index (χ1) is 11.8. The minimum absolute atomic E-state index is 0.0233. The second-order valence-electron chi connectivity index (χ2n) is 4.76. The molecule has 0 unspecified atom stereocenters. The van der Waals surface area contributed by atoms with E-state index in [0.717, 1.165) is 4.47 Å². The zero-order valence-corrected chi connectivity index (χ0v) is 16.0. The third-order valence-corrected chi connectivity index (χ3v) is 4.09. The molecule has 6 nitrogen and oxygen atoms in total. The molecule has 9 heteroatoms. The number of carboxylic acids is 1. The second-order valence-corrected chi connectivity index (χ2v) is 6.49. The van der Waals surface area contributed by atoms with Gasteiger partial charge >= 0.3 is 5.97 Å². The van der Waals surface area contributed by atoms with Crippen molar-refractivity contribution in [2.45, 2.75) is 0 Å². The normalized spacial score (nSPS) is 10.0. The number of nitrogens with one attached hydrogen (secondary N) is 2. The fraction of sp³-hybridized carbons (Fsp3) is 0.0625. The minimum atomic E-state index is -1.16. The van der Waals surface area contributed by atoms with Gasteiger partial charge < -0.3 is 15.2 Å². The molecular weight excluding hydrogens is 432 g/mol. The first kappa shape index (κ1) is 19.2. The lowest BCUT2D eigenvalue weighted by Gasteiger charge is -2.14. The number of rotatable bonds is 4. The van der Waals surface area contributed by atoms with Crippen LogP contribution in [-0.2, 0) is 0 Å². The minimum Gasteiger partial charge on any atom is -0.493 e. The number of carbonyl (C=O) groups excluding carboxylic acids is 1. The van der Waals surface area contributed by atoms with Crippen LogP contribution in [0.2, 0.25) is 5.02 Å². The molecule has 0 aliphatic carbocycles. The lowest BCUT2D eigenvalue weighted by atomic mass is 10.2. The largest absolute Gasteiger partial charge is 0.493 e. The molecule has 0 fully saturated rings. The van der Waals surface area contributed by atoms with Crippen molar-refractivity contribution in [3.05, 3.63) is 57.0 Å². The molecular formula is C16H12BrClN2O4S. The number of hydrogen-bond acceptors (Lipinski definition) is 4. The Morgan fingerprint density at radius 3 is 2.40 bits per heavy atom. The number of benzene rings is 2. The highest BCUT2D eigenvalue weighted by Gasteiger charge is 2.16. The summed E-state index contributed by atoms with van der Waals surface area (Å²) in [6.07, 6.45) is 0. The van der Waals surface area contributed by atoms with Crippen LogP contribution in [-0.4, -0.2) is 29.2 Å². The average molecular weight is 444 g/mol. The Morgan fingerprint density at radius 2 is 1.84 bits per heavy atom. The van der Waals surface area contributed by atoms with Crippen LogP contribution in [0.3, 0.4) is 0 Å². The molecule has 0 aliphatic heterocycles. The molecule has 0 aromatic heterocycles. The highest BCUT2D eigenvalue weighted by molar-refractivity contribution is 9.10. The fourth-order valence-electron chi connectivity index (χ4n) is 1.95. The van der Waals surface area contributed by atoms with Crippen LogP contribution in [0.25, 0.3) is 0 Å². The number of thiocarbonyl (C=S) groups is 1. The summed E-state index contributed by atoms with van der Waals surface area (Å²) in [6, 6.07) is 9.28. The molecule has 2 aromatic carbocycles. The molecule has 25 heavy (non-hydrogen) atoms. The molecule has 0 spiro atoms. The summed E-state index contributed by atoms with van der Waals surface area (Å²) in [5.41, 5.74) is 0.598. The van der Waals surface area contributed by atoms with Gasteiger partial charge in [-0.2, -0.15) is 0 Å². The SMILES string of the molecule is COc1c(Cl)cc(C(=O)O)cc1NC(=S)NC(=O)c1ccc(Br)cc1. The van der Waals surface area contributed by atoms with Crippen molar-refractivity contribution in [3.63, 3.8) is 0 Å². The van der Waals surface area contributed by atoms with Gasteiger partial charge in [-0.15, -0.1) is 0 Å². The van der Waals surface area contributed by atoms with E-state index in [0.29, 0.717) is 5.56 Å². The van der Waals surface area contributed by atoms with Crippen molar-refractivity contribution in [1.29, 1.82) is 0 Å². The molecule has 130 valence electrons. The summed E-state index contributed by atoms with van der Waals surface area (Å²) in [5, 5.41) is 14.4. The summed E-state index contributed by atoms with van der Waals surface area (Å²) < 4.78 is 5.99. The van der Waals surface area contributed by atoms with E-state index in [2.05, 4.69) is 26.6 Å². The Morgan fingerprint density at radius 1 is 1.20 bits per heavy atom. The smallest absolute Gasteiger partial charge is 0.335 e. The Hall–Kier alpha value is -2.16. The summed E-state index contributed by atoms with van der Waals surface area (Å²) in [7, 11) is 1.39. The Balaban J connectivity index is 2.18. The van der Waals surface area contributed by atoms with Crippen LogP contribution in [0.1, 0.15) is 20.7 Å². The van der Waals surface area contributed by atoms with E-state index in [4.69, 9.17) is 33.7 Å². The fourth-order valence-corrected chi connectivity index (χ4v) is 2.71. The molecule has 3 N–H and O–H groups in total. The molecule has 2 aromatic rings. The number of methoxy groups -OCH3 is 1. The van der Waals surface area contributed by atoms with Gasteiger partial charge in [0.05, 0.1) is 23.4 Å². The maximum Gasteiger partial charge on any atom is 0.335 e. The predicted molar refractivity (Wildman–Crippen MR) is 103 cm³/mol. The third kappa shape index (κ3) is 4.91. The second kappa shape index (κ2) is 8.28. The number of carbonyl (C=O) groups is 2. The van der Waals surface area contributed by atoms with Gasteiger partial charge in [-0.3, -0.25) is 10.1 Å². The quantitative estimate of drug-likeness (QED) is 0.621. The van der Waals surface area contributed by atoms with Crippen LogP contribution in [0.4, 0.5) is 5.69 Å². The first-order valence-corrected chi connectivity index (χ1v) is 8.38. The van der Waals surface area contributed by atoms with Gasteiger partial charge in [-0.05, 0) is 48.6 Å². The molecule has 0 atom stereocenters. The zero-order valence-electron chi connectivity index (χ0n) is 12.8. The van der Waals surface area contributed by atoms with Crippen LogP contribution in [0.15, 0.2) is 40.9 Å². The summed E-state index contributed by atoms with van der Waals surface area (Å²) in [4.78, 5) is 23.3. The monoisotopic (exact) mass is 442 g/mol. The molecule has 1 amide bonds. The summed E-state index contributed by atoms with van der Waals surface area (Å²) in [5.74, 6) is -1.35. The number of carboxylic acid groups (broad SMARTS) is 1. The van der Waals surface area contributed by atoms with E-state index in [9.17, 15) is 9.59 Å². The Bertz CT molecular complexity index is 843. The van der Waals surface area contributed by atoms with Crippen molar-refractivity contribution >= 4 is 62.4 Å². The average Bonchev–Trinajstić information content (AvgIpc) is 2.54. The van der Waals surface area contributed by atoms with E-state index in [1.807, 2.05) is 0 Å². The van der Waals surface area contributed by atoms with Gasteiger partial charge in [-0.1, -0.05) is 27.5 Å². The number of halogens is 2. The van der Waals surface area contributed by atoms with Gasteiger partial charge in [-0.25, -0.2) is 4.79 Å². The van der Waals surface area contributed by atoms with Crippen LogP contribution >= 0.6 is 39.7 Å². The number of hydrogen-bond donors (Lipinski definition) is 3. The van der Waals surface area contributed by atoms with Crippen LogP contribution in [0, 0.1) is 0 Å². The lowest BCUT2D eigenvalue weighted by Crippen LogP contribution is -2.34. The maximum atomic E-state index is 12.1. The molecule has 2 rings (SSSR count). The standard InChI is InChI=1S/C16H12BrClN2O4S/c1-24-13-11(18)6-9(15(22)23)7-12(13)19-16(25)20-14(21)8-2-4-10(17)5-3-8/h2-7H,1H3,(H,22,23)(H2,19,20,21,25). The van der Waals surface area contributed by atoms with Crippen molar-refractivity contribution in [1.82, 2.24) is 5.32 Å². The number of aromatic carboxylic acids is 1. The van der Waals surface area contributed by atoms with E-state index in [1.165, 1.54) is 19.2 Å². The van der Waals surface area contributed by atoms with Gasteiger partial charge in [0.15, 0.2) is 10.9 Å². The molecule has 0 bridgehead atoms. The van der Waals surface area contributed by atoms with E-state index < -0.39 is 11.9 Å². The van der Waals surface area contributed by atoms with E-state index in [1.54, 1.807) is 24.3 Å². The van der Waals surface area contributed by atoms with Gasteiger partial charge in [0, 0.05) is 10.0 Å². The molecule has 0 heterocycles. The van der Waals surface area contributed by atoms with Crippen molar-refractivity contribution in [2.75, 3.05) is 12.4 Å². The van der Waals surface area contributed by atoms with E-state index in [-0.39, 0.29) is 27.1 Å². The van der Waals surface area contributed by atoms with E-state index >= 15 is 0 Å². The topological polar surface area (TPSA) is 87.7 Å². The summed E-state index contributed by atoms with van der Waals surface area (Å²) in [6.45, 7) is 0. The van der Waals surface area contributed by atoms with Crippen LogP contribution in [0.5, 0.6) is 5.75 Å². The molecule has 0 saturated carbocycles. The highest BCUT2D eigenvalue weighted by Crippen LogP contribution is 2.34. The van der Waals surface area contributed by atoms with Crippen LogP contribution < -0.4 is 15.4 Å². The van der Waals surface area contributed by atoms with Gasteiger partial charge in [0.1, 0.15) is 0 Å².